The van der Waals surface area contributed by atoms with Gasteiger partial charge in [-0.1, -0.05) is 87.9 Å². The van der Waals surface area contributed by atoms with Crippen LogP contribution in [0.25, 0.3) is 0 Å². The van der Waals surface area contributed by atoms with E-state index in [1.165, 1.54) is 69.9 Å². The molecule has 36 heavy (non-hydrogen) atoms. The summed E-state index contributed by atoms with van der Waals surface area (Å²) in [5.41, 5.74) is 0.901. The van der Waals surface area contributed by atoms with E-state index >= 15 is 0 Å². The SMILES string of the molecule is CCCCC[SiH]1CCC([C@H]2CC[C@H](CC(O)C#C[C@H]3CC[C@H](c4ccc(F)c(F)c4)CC3)CC2)CC1. The van der Waals surface area contributed by atoms with Crippen molar-refractivity contribution in [3.8, 4) is 11.8 Å². The van der Waals surface area contributed by atoms with Crippen molar-refractivity contribution >= 4 is 8.80 Å². The van der Waals surface area contributed by atoms with E-state index in [4.69, 9.17) is 0 Å². The van der Waals surface area contributed by atoms with E-state index in [1.54, 1.807) is 24.2 Å². The number of halogens is 2. The molecule has 2 saturated carbocycles. The zero-order valence-electron chi connectivity index (χ0n) is 22.5. The number of unbranched alkanes of at least 4 members (excludes halogenated alkanes) is 2. The lowest BCUT2D eigenvalue weighted by Gasteiger charge is -2.37. The molecular formula is C32H48F2OSi. The van der Waals surface area contributed by atoms with E-state index in [0.29, 0.717) is 11.8 Å². The number of aliphatic hydroxyl groups excluding tert-OH is 1. The van der Waals surface area contributed by atoms with Crippen LogP contribution in [0.5, 0.6) is 0 Å². The zero-order chi connectivity index (χ0) is 25.3. The van der Waals surface area contributed by atoms with Gasteiger partial charge in [0, 0.05) is 14.7 Å². The average Bonchev–Trinajstić information content (AvgIpc) is 2.90. The number of hydrogen-bond acceptors (Lipinski definition) is 1. The van der Waals surface area contributed by atoms with Gasteiger partial charge in [0.15, 0.2) is 11.6 Å². The van der Waals surface area contributed by atoms with Crippen LogP contribution in [0.2, 0.25) is 18.1 Å². The van der Waals surface area contributed by atoms with Crippen LogP contribution in [-0.4, -0.2) is 20.0 Å². The molecule has 1 saturated heterocycles. The second-order valence-electron chi connectivity index (χ2n) is 12.3. The molecule has 1 nitrogen and oxygen atoms in total. The smallest absolute Gasteiger partial charge is 0.159 e. The summed E-state index contributed by atoms with van der Waals surface area (Å²) >= 11 is 0. The molecule has 0 radical (unpaired) electrons. The highest BCUT2D eigenvalue weighted by Gasteiger charge is 2.31. The first-order chi connectivity index (χ1) is 17.5. The molecule has 0 bridgehead atoms. The third-order valence-corrected chi connectivity index (χ3v) is 13.3. The van der Waals surface area contributed by atoms with Crippen LogP contribution in [0.1, 0.15) is 108 Å². The molecule has 200 valence electrons. The van der Waals surface area contributed by atoms with Crippen LogP contribution in [0.4, 0.5) is 8.78 Å². The van der Waals surface area contributed by atoms with E-state index in [0.717, 1.165) is 49.5 Å². The predicted molar refractivity (Wildman–Crippen MR) is 149 cm³/mol. The van der Waals surface area contributed by atoms with Crippen molar-refractivity contribution in [1.82, 2.24) is 0 Å². The third kappa shape index (κ3) is 8.16. The van der Waals surface area contributed by atoms with Gasteiger partial charge in [0.05, 0.1) is 0 Å². The summed E-state index contributed by atoms with van der Waals surface area (Å²) in [5.74, 6) is 8.18. The predicted octanol–water partition coefficient (Wildman–Crippen LogP) is 8.63. The minimum absolute atomic E-state index is 0.289. The van der Waals surface area contributed by atoms with Gasteiger partial charge in [-0.2, -0.15) is 0 Å². The molecule has 0 aromatic heterocycles. The van der Waals surface area contributed by atoms with Gasteiger partial charge in [-0.3, -0.25) is 0 Å². The molecule has 4 heteroatoms. The molecule has 1 heterocycles. The highest BCUT2D eigenvalue weighted by Crippen LogP contribution is 2.42. The minimum atomic E-state index is -0.775. The molecule has 0 amide bonds. The number of aliphatic hydroxyl groups is 1. The van der Waals surface area contributed by atoms with Crippen LogP contribution in [0.15, 0.2) is 18.2 Å². The van der Waals surface area contributed by atoms with Crippen molar-refractivity contribution in [1.29, 1.82) is 0 Å². The first-order valence-corrected chi connectivity index (χ1v) is 17.6. The molecule has 1 atom stereocenters. The van der Waals surface area contributed by atoms with E-state index < -0.39 is 26.5 Å². The van der Waals surface area contributed by atoms with Gasteiger partial charge in [0.25, 0.3) is 0 Å². The Morgan fingerprint density at radius 3 is 2.25 bits per heavy atom. The van der Waals surface area contributed by atoms with Crippen molar-refractivity contribution in [2.24, 2.45) is 23.7 Å². The molecule has 1 unspecified atom stereocenters. The largest absolute Gasteiger partial charge is 0.380 e. The van der Waals surface area contributed by atoms with Gasteiger partial charge in [-0.25, -0.2) is 8.78 Å². The van der Waals surface area contributed by atoms with Gasteiger partial charge < -0.3 is 5.11 Å². The molecular weight excluding hydrogens is 466 g/mol. The molecule has 1 N–H and O–H groups in total. The molecule has 0 spiro atoms. The summed E-state index contributed by atoms with van der Waals surface area (Å²) in [6.45, 7) is 2.31. The van der Waals surface area contributed by atoms with Crippen molar-refractivity contribution in [2.75, 3.05) is 0 Å². The number of rotatable bonds is 8. The summed E-state index contributed by atoms with van der Waals surface area (Å²) in [4.78, 5) is 0. The Hall–Kier alpha value is -1.18. The van der Waals surface area contributed by atoms with Crippen LogP contribution >= 0.6 is 0 Å². The number of hydrogen-bond donors (Lipinski definition) is 1. The van der Waals surface area contributed by atoms with Crippen LogP contribution < -0.4 is 0 Å². The average molecular weight is 515 g/mol. The Labute approximate surface area is 220 Å². The van der Waals surface area contributed by atoms with E-state index in [1.807, 2.05) is 0 Å². The summed E-state index contributed by atoms with van der Waals surface area (Å²) in [6, 6.07) is 9.11. The summed E-state index contributed by atoms with van der Waals surface area (Å²) in [7, 11) is -0.404. The molecule has 3 fully saturated rings. The lowest BCUT2D eigenvalue weighted by atomic mass is 9.73. The van der Waals surface area contributed by atoms with Gasteiger partial charge in [0.1, 0.15) is 6.10 Å². The standard InChI is InChI=1S/C32H48F2OSi/c1-2-3-4-19-36-20-17-28(18-21-36)26-12-7-25(8-13-26)22-30(35)15-9-24-5-10-27(11-6-24)29-14-16-31(33)32(34)23-29/h14,16,23-28,30,35-36H,2-8,10-13,17-22H2,1H3/t24-,25-,26-,27-,28?,30?,36?. The maximum Gasteiger partial charge on any atom is 0.159 e. The molecule has 1 aliphatic heterocycles. The lowest BCUT2D eigenvalue weighted by molar-refractivity contribution is 0.142. The Morgan fingerprint density at radius 2 is 1.58 bits per heavy atom. The molecule has 3 aliphatic rings. The second kappa shape index (κ2) is 14.1. The minimum Gasteiger partial charge on any atom is -0.380 e. The van der Waals surface area contributed by atoms with Crippen LogP contribution in [-0.2, 0) is 0 Å². The fraction of sp³-hybridized carbons (Fsp3) is 0.750. The normalized spacial score (nSPS) is 31.9. The maximum atomic E-state index is 13.6. The van der Waals surface area contributed by atoms with Crippen LogP contribution in [0, 0.1) is 47.1 Å². The zero-order valence-corrected chi connectivity index (χ0v) is 23.7. The van der Waals surface area contributed by atoms with Gasteiger partial charge >= 0.3 is 0 Å². The second-order valence-corrected chi connectivity index (χ2v) is 15.8. The Kier molecular flexibility index (Phi) is 10.9. The monoisotopic (exact) mass is 514 g/mol. The Bertz CT molecular complexity index is 853. The highest BCUT2D eigenvalue weighted by molar-refractivity contribution is 6.58. The van der Waals surface area contributed by atoms with Gasteiger partial charge in [-0.15, -0.1) is 0 Å². The topological polar surface area (TPSA) is 20.2 Å². The molecule has 1 aromatic carbocycles. The maximum absolute atomic E-state index is 13.6. The van der Waals surface area contributed by atoms with Crippen LogP contribution in [0.3, 0.4) is 0 Å². The van der Waals surface area contributed by atoms with E-state index in [2.05, 4.69) is 18.8 Å². The first kappa shape index (κ1) is 27.8. The Balaban J connectivity index is 1.12. The third-order valence-electron chi connectivity index (χ3n) is 9.82. The van der Waals surface area contributed by atoms with Crippen molar-refractivity contribution < 1.29 is 13.9 Å². The number of benzene rings is 1. The quantitative estimate of drug-likeness (QED) is 0.209. The fourth-order valence-electron chi connectivity index (χ4n) is 7.45. The molecule has 2 aliphatic carbocycles. The summed E-state index contributed by atoms with van der Waals surface area (Å²) in [5, 5.41) is 10.6. The molecule has 4 rings (SSSR count). The Morgan fingerprint density at radius 1 is 0.889 bits per heavy atom. The fourth-order valence-corrected chi connectivity index (χ4v) is 11.0. The highest BCUT2D eigenvalue weighted by atomic mass is 28.3. The van der Waals surface area contributed by atoms with Gasteiger partial charge in [0.2, 0.25) is 0 Å². The lowest BCUT2D eigenvalue weighted by Crippen LogP contribution is -2.29. The summed E-state index contributed by atoms with van der Waals surface area (Å²) in [6.07, 6.45) is 16.8. The van der Waals surface area contributed by atoms with E-state index in [9.17, 15) is 13.9 Å². The van der Waals surface area contributed by atoms with Crippen molar-refractivity contribution in [2.45, 2.75) is 127 Å². The van der Waals surface area contributed by atoms with Crippen molar-refractivity contribution in [3.63, 3.8) is 0 Å². The van der Waals surface area contributed by atoms with Gasteiger partial charge in [-0.05, 0) is 86.3 Å². The first-order valence-electron chi connectivity index (χ1n) is 15.2. The summed E-state index contributed by atoms with van der Waals surface area (Å²) < 4.78 is 26.8. The molecule has 1 aromatic rings. The van der Waals surface area contributed by atoms with E-state index in [-0.39, 0.29) is 5.92 Å². The van der Waals surface area contributed by atoms with Crippen molar-refractivity contribution in [3.05, 3.63) is 35.4 Å².